The van der Waals surface area contributed by atoms with Crippen LogP contribution in [0.1, 0.15) is 60.9 Å². The van der Waals surface area contributed by atoms with E-state index in [2.05, 4.69) is 30.0 Å². The maximum Gasteiger partial charge on any atom is 0.274 e. The normalized spacial score (nSPS) is 22.2. The van der Waals surface area contributed by atoms with Crippen LogP contribution in [-0.4, -0.2) is 60.6 Å². The number of nitrogens with one attached hydrogen (secondary N) is 2. The number of aryl methyl sites for hydroxylation is 1. The molecule has 1 saturated heterocycles. The Morgan fingerprint density at radius 3 is 2.89 bits per heavy atom. The number of aromatic nitrogens is 5. The van der Waals surface area contributed by atoms with Crippen LogP contribution in [0, 0.1) is 11.7 Å². The summed E-state index contributed by atoms with van der Waals surface area (Å²) in [6.07, 6.45) is 9.66. The molecule has 0 bridgehead atoms. The van der Waals surface area contributed by atoms with Gasteiger partial charge in [0.1, 0.15) is 5.82 Å². The number of halogens is 1. The number of imidazole rings is 1. The molecule has 6 rings (SSSR count). The molecule has 188 valence electrons. The fraction of sp³-hybridized carbons (Fsp3) is 0.480. The number of rotatable bonds is 5. The molecule has 11 heteroatoms. The number of pyridine rings is 1. The lowest BCUT2D eigenvalue weighted by Gasteiger charge is -2.40. The van der Waals surface area contributed by atoms with E-state index in [0.29, 0.717) is 25.1 Å². The highest BCUT2D eigenvalue weighted by molar-refractivity contribution is 5.94. The maximum absolute atomic E-state index is 14.3. The van der Waals surface area contributed by atoms with Crippen molar-refractivity contribution < 1.29 is 18.7 Å². The zero-order valence-electron chi connectivity index (χ0n) is 20.0. The Balaban J connectivity index is 1.14. The Hall–Kier alpha value is -3.76. The molecule has 0 aromatic carbocycles. The summed E-state index contributed by atoms with van der Waals surface area (Å²) >= 11 is 0. The zero-order chi connectivity index (χ0) is 24.9. The number of fused-ring (bicyclic) bond motifs is 1. The number of piperidine rings is 1. The van der Waals surface area contributed by atoms with Crippen molar-refractivity contribution in [2.75, 3.05) is 13.7 Å². The summed E-state index contributed by atoms with van der Waals surface area (Å²) in [6, 6.07) is 2.95. The van der Waals surface area contributed by atoms with Crippen molar-refractivity contribution >= 4 is 11.8 Å². The third-order valence-electron chi connectivity index (χ3n) is 7.74. The van der Waals surface area contributed by atoms with E-state index in [-0.39, 0.29) is 46.5 Å². The number of amides is 2. The number of carbonyl (C=O) groups excluding carboxylic acids is 2. The number of H-pyrrole nitrogens is 1. The molecule has 2 atom stereocenters. The first-order chi connectivity index (χ1) is 17.5. The van der Waals surface area contributed by atoms with Crippen LogP contribution in [0.25, 0.3) is 11.3 Å². The van der Waals surface area contributed by atoms with Gasteiger partial charge in [-0.15, -0.1) is 0 Å². The molecule has 5 heterocycles. The largest absolute Gasteiger partial charge is 0.481 e. The predicted octanol–water partition coefficient (Wildman–Crippen LogP) is 2.85. The van der Waals surface area contributed by atoms with Crippen molar-refractivity contribution in [1.82, 2.24) is 34.9 Å². The maximum atomic E-state index is 14.3. The van der Waals surface area contributed by atoms with Crippen molar-refractivity contribution in [2.24, 2.45) is 5.92 Å². The summed E-state index contributed by atoms with van der Waals surface area (Å²) in [7, 11) is 1.45. The van der Waals surface area contributed by atoms with Gasteiger partial charge in [-0.05, 0) is 44.6 Å². The van der Waals surface area contributed by atoms with Crippen LogP contribution in [0.2, 0.25) is 0 Å². The molecule has 2 amide bonds. The number of ether oxygens (including phenoxy) is 1. The minimum atomic E-state index is -0.538. The molecule has 2 aliphatic heterocycles. The fourth-order valence-electron chi connectivity index (χ4n) is 5.64. The summed E-state index contributed by atoms with van der Waals surface area (Å²) < 4.78 is 21.5. The van der Waals surface area contributed by atoms with E-state index in [4.69, 9.17) is 4.74 Å². The van der Waals surface area contributed by atoms with Crippen molar-refractivity contribution in [3.05, 3.63) is 48.1 Å². The Bertz CT molecular complexity index is 1310. The van der Waals surface area contributed by atoms with Crippen LogP contribution in [0.3, 0.4) is 0 Å². The van der Waals surface area contributed by atoms with E-state index < -0.39 is 5.82 Å². The van der Waals surface area contributed by atoms with E-state index in [9.17, 15) is 14.0 Å². The molecule has 2 N–H and O–H groups in total. The van der Waals surface area contributed by atoms with E-state index >= 15 is 0 Å². The third-order valence-corrected chi connectivity index (χ3v) is 7.74. The van der Waals surface area contributed by atoms with Gasteiger partial charge in [0.2, 0.25) is 11.8 Å². The van der Waals surface area contributed by atoms with Crippen LogP contribution in [0.5, 0.6) is 5.88 Å². The molecule has 0 radical (unpaired) electrons. The Kier molecular flexibility index (Phi) is 5.50. The minimum Gasteiger partial charge on any atom is -0.481 e. The molecule has 2 fully saturated rings. The summed E-state index contributed by atoms with van der Waals surface area (Å²) in [5.41, 5.74) is 0.519. The van der Waals surface area contributed by atoms with Crippen molar-refractivity contribution in [2.45, 2.75) is 56.7 Å². The molecule has 1 saturated carbocycles. The van der Waals surface area contributed by atoms with Gasteiger partial charge >= 0.3 is 0 Å². The van der Waals surface area contributed by atoms with Crippen LogP contribution in [0.15, 0.2) is 30.7 Å². The molecule has 3 aromatic heterocycles. The topological polar surface area (TPSA) is 118 Å². The summed E-state index contributed by atoms with van der Waals surface area (Å²) in [6.45, 7) is 1.41. The van der Waals surface area contributed by atoms with Gasteiger partial charge in [-0.3, -0.25) is 14.7 Å². The molecule has 3 aromatic rings. The van der Waals surface area contributed by atoms with Gasteiger partial charge in [0.25, 0.3) is 5.91 Å². The number of carbonyl (C=O) groups is 2. The van der Waals surface area contributed by atoms with Gasteiger partial charge in [0.15, 0.2) is 11.5 Å². The van der Waals surface area contributed by atoms with E-state index in [1.807, 2.05) is 11.1 Å². The van der Waals surface area contributed by atoms with E-state index in [0.717, 1.165) is 44.2 Å². The highest BCUT2D eigenvalue weighted by atomic mass is 19.1. The number of methoxy groups -OCH3 is 1. The molecular weight excluding hydrogens is 465 g/mol. The van der Waals surface area contributed by atoms with Gasteiger partial charge < -0.3 is 19.5 Å². The van der Waals surface area contributed by atoms with Crippen molar-refractivity contribution in [1.29, 1.82) is 0 Å². The van der Waals surface area contributed by atoms with E-state index in [1.165, 1.54) is 13.2 Å². The lowest BCUT2D eigenvalue weighted by Crippen LogP contribution is -2.51. The first kappa shape index (κ1) is 22.7. The van der Waals surface area contributed by atoms with Gasteiger partial charge in [-0.25, -0.2) is 14.4 Å². The SMILES string of the molecule is COc1cc(-c2cc(C(=O)N3CC[C@H](C(=O)N[C@@H]4CCCn5ccnc54)CC34CC4)n[nH]2)c(F)cn1. The average molecular weight is 494 g/mol. The summed E-state index contributed by atoms with van der Waals surface area (Å²) in [5, 5.41) is 10.2. The number of aromatic amines is 1. The quantitative estimate of drug-likeness (QED) is 0.564. The molecule has 36 heavy (non-hydrogen) atoms. The molecule has 1 aliphatic carbocycles. The average Bonchev–Trinajstić information content (AvgIpc) is 3.27. The Morgan fingerprint density at radius 2 is 2.08 bits per heavy atom. The van der Waals surface area contributed by atoms with Crippen LogP contribution in [-0.2, 0) is 11.3 Å². The van der Waals surface area contributed by atoms with Crippen molar-refractivity contribution in [3.63, 3.8) is 0 Å². The summed E-state index contributed by atoms with van der Waals surface area (Å²) in [4.78, 5) is 36.7. The lowest BCUT2D eigenvalue weighted by atomic mass is 9.87. The molecular formula is C25H28FN7O3. The van der Waals surface area contributed by atoms with Gasteiger partial charge in [-0.2, -0.15) is 5.10 Å². The van der Waals surface area contributed by atoms with Crippen LogP contribution >= 0.6 is 0 Å². The first-order valence-electron chi connectivity index (χ1n) is 12.4. The number of likely N-dealkylation sites (tertiary alicyclic amines) is 1. The minimum absolute atomic E-state index is 0.0407. The predicted molar refractivity (Wildman–Crippen MR) is 126 cm³/mol. The number of hydrogen-bond donors (Lipinski definition) is 2. The first-order valence-corrected chi connectivity index (χ1v) is 12.4. The third kappa shape index (κ3) is 3.92. The van der Waals surface area contributed by atoms with Crippen molar-refractivity contribution in [3.8, 4) is 17.1 Å². The summed E-state index contributed by atoms with van der Waals surface area (Å²) in [5.74, 6) is 0.340. The van der Waals surface area contributed by atoms with Crippen LogP contribution < -0.4 is 10.1 Å². The highest BCUT2D eigenvalue weighted by Crippen LogP contribution is 2.50. The van der Waals surface area contributed by atoms with Crippen LogP contribution in [0.4, 0.5) is 4.39 Å². The molecule has 10 nitrogen and oxygen atoms in total. The van der Waals surface area contributed by atoms with Gasteiger partial charge in [-0.1, -0.05) is 0 Å². The smallest absolute Gasteiger partial charge is 0.274 e. The Labute approximate surface area is 207 Å². The number of hydrogen-bond acceptors (Lipinski definition) is 6. The second-order valence-electron chi connectivity index (χ2n) is 9.93. The Morgan fingerprint density at radius 1 is 1.22 bits per heavy atom. The van der Waals surface area contributed by atoms with Gasteiger partial charge in [0.05, 0.1) is 25.0 Å². The molecule has 1 spiro atoms. The molecule has 3 aliphatic rings. The fourth-order valence-corrected chi connectivity index (χ4v) is 5.64. The monoisotopic (exact) mass is 493 g/mol. The second-order valence-corrected chi connectivity index (χ2v) is 9.93. The zero-order valence-corrected chi connectivity index (χ0v) is 20.0. The molecule has 0 unspecified atom stereocenters. The standard InChI is InChI=1S/C25H28FN7O3/c1-36-21-11-16(17(26)14-28-21)19-12-20(31-30-19)24(35)33-9-4-15(13-25(33)5-6-25)23(34)29-18-3-2-8-32-10-7-27-22(18)32/h7,10-12,14-15,18H,2-6,8-9,13H2,1H3,(H,29,34)(H,30,31)/t15-,18+/m0/s1. The second kappa shape index (κ2) is 8.72. The highest BCUT2D eigenvalue weighted by Gasteiger charge is 2.54. The van der Waals surface area contributed by atoms with Gasteiger partial charge in [0, 0.05) is 48.6 Å². The van der Waals surface area contributed by atoms with E-state index in [1.54, 1.807) is 12.3 Å². The number of nitrogens with zero attached hydrogens (tertiary/aromatic N) is 5. The lowest BCUT2D eigenvalue weighted by molar-refractivity contribution is -0.128.